The Labute approximate surface area is 223 Å². The lowest BCUT2D eigenvalue weighted by molar-refractivity contribution is -0.145. The number of carbonyl (C=O) groups is 3. The van der Waals surface area contributed by atoms with Gasteiger partial charge in [0.1, 0.15) is 6.04 Å². The number of nitrogens with two attached hydrogens (primary N) is 1. The van der Waals surface area contributed by atoms with Gasteiger partial charge in [0.25, 0.3) is 0 Å². The number of H-pyrrole nitrogens is 1. The zero-order valence-electron chi connectivity index (χ0n) is 22.3. The average Bonchev–Trinajstić information content (AvgIpc) is 3.31. The van der Waals surface area contributed by atoms with Gasteiger partial charge in [0.2, 0.25) is 17.7 Å². The zero-order chi connectivity index (χ0) is 27.3. The maximum atomic E-state index is 14.1. The number of rotatable bonds is 9. The second-order valence-corrected chi connectivity index (χ2v) is 10.8. The van der Waals surface area contributed by atoms with Gasteiger partial charge >= 0.3 is 0 Å². The highest BCUT2D eigenvalue weighted by atomic mass is 16.2. The summed E-state index contributed by atoms with van der Waals surface area (Å²) in [7, 11) is 1.65. The van der Waals surface area contributed by atoms with E-state index in [1.54, 1.807) is 25.8 Å². The number of aromatic amines is 1. The van der Waals surface area contributed by atoms with Gasteiger partial charge in [-0.2, -0.15) is 0 Å². The second kappa shape index (κ2) is 11.4. The lowest BCUT2D eigenvalue weighted by Gasteiger charge is -2.43. The summed E-state index contributed by atoms with van der Waals surface area (Å²) in [5.74, 6) is -0.778. The standard InChI is InChI=1S/C29H38N6O3/c1-28(2,30)26(37)33-24(16-21-18-32-23-13-8-7-12-22(21)23)25(36)35-15-9-14-29(19-35,27(38)34-31-3)17-20-10-5-4-6-11-20/h4-8,10-13,18,24,31-32H,9,14-17,19,30H2,1-3H3,(H,33,37)(H,34,38)/t24-,29?/m1/s1. The summed E-state index contributed by atoms with van der Waals surface area (Å²) in [5, 5.41) is 3.90. The molecule has 2 heterocycles. The smallest absolute Gasteiger partial charge is 0.245 e. The Morgan fingerprint density at radius 2 is 1.82 bits per heavy atom. The molecular weight excluding hydrogens is 480 g/mol. The van der Waals surface area contributed by atoms with Gasteiger partial charge in [-0.3, -0.25) is 19.8 Å². The van der Waals surface area contributed by atoms with Crippen molar-refractivity contribution in [3.63, 3.8) is 0 Å². The molecule has 2 aromatic carbocycles. The SMILES string of the molecule is CNNC(=O)C1(Cc2ccccc2)CCCN(C(=O)[C@@H](Cc2c[nH]c3ccccc23)NC(=O)C(C)(C)N)C1. The number of fused-ring (bicyclic) bond motifs is 1. The summed E-state index contributed by atoms with van der Waals surface area (Å²) < 4.78 is 0. The monoisotopic (exact) mass is 518 g/mol. The average molecular weight is 519 g/mol. The Bertz CT molecular complexity index is 1280. The summed E-state index contributed by atoms with van der Waals surface area (Å²) in [6.07, 6.45) is 4.00. The minimum atomic E-state index is -1.15. The van der Waals surface area contributed by atoms with E-state index in [0.717, 1.165) is 22.0 Å². The van der Waals surface area contributed by atoms with Gasteiger partial charge in [-0.1, -0.05) is 48.5 Å². The van der Waals surface area contributed by atoms with Crippen molar-refractivity contribution >= 4 is 28.6 Å². The fourth-order valence-electron chi connectivity index (χ4n) is 5.25. The van der Waals surface area contributed by atoms with E-state index in [1.807, 2.05) is 60.8 Å². The van der Waals surface area contributed by atoms with Crippen molar-refractivity contribution in [2.24, 2.45) is 11.1 Å². The molecule has 0 spiro atoms. The predicted molar refractivity (Wildman–Crippen MR) is 148 cm³/mol. The molecule has 0 aliphatic carbocycles. The number of nitrogens with one attached hydrogen (secondary N) is 4. The molecule has 2 atom stereocenters. The lowest BCUT2D eigenvalue weighted by Crippen LogP contribution is -2.61. The van der Waals surface area contributed by atoms with Crippen molar-refractivity contribution in [3.05, 3.63) is 71.9 Å². The van der Waals surface area contributed by atoms with Gasteiger partial charge in [0.05, 0.1) is 11.0 Å². The maximum absolute atomic E-state index is 14.1. The third-order valence-electron chi connectivity index (χ3n) is 7.28. The third kappa shape index (κ3) is 6.06. The first-order valence-corrected chi connectivity index (χ1v) is 13.1. The normalized spacial score (nSPS) is 18.7. The molecule has 9 nitrogen and oxygen atoms in total. The van der Waals surface area contributed by atoms with Crippen LogP contribution in [0.5, 0.6) is 0 Å². The number of nitrogens with zero attached hydrogens (tertiary/aromatic N) is 1. The van der Waals surface area contributed by atoms with Crippen molar-refractivity contribution in [2.75, 3.05) is 20.1 Å². The molecule has 1 aromatic heterocycles. The minimum Gasteiger partial charge on any atom is -0.361 e. The predicted octanol–water partition coefficient (Wildman–Crippen LogP) is 2.03. The van der Waals surface area contributed by atoms with Crippen LogP contribution in [0.4, 0.5) is 0 Å². The molecule has 1 saturated heterocycles. The van der Waals surface area contributed by atoms with Crippen LogP contribution >= 0.6 is 0 Å². The number of likely N-dealkylation sites (tertiary alicyclic amines) is 1. The van der Waals surface area contributed by atoms with E-state index in [0.29, 0.717) is 32.2 Å². The van der Waals surface area contributed by atoms with Crippen LogP contribution in [0.15, 0.2) is 60.8 Å². The summed E-state index contributed by atoms with van der Waals surface area (Å²) in [5.41, 5.74) is 12.5. The largest absolute Gasteiger partial charge is 0.361 e. The number of amides is 3. The van der Waals surface area contributed by atoms with Crippen LogP contribution < -0.4 is 21.9 Å². The zero-order valence-corrected chi connectivity index (χ0v) is 22.3. The Kier molecular flexibility index (Phi) is 8.18. The van der Waals surface area contributed by atoms with Crippen molar-refractivity contribution < 1.29 is 14.4 Å². The number of para-hydroxylation sites is 1. The first-order chi connectivity index (χ1) is 18.1. The summed E-state index contributed by atoms with van der Waals surface area (Å²) in [4.78, 5) is 45.3. The molecule has 202 valence electrons. The van der Waals surface area contributed by atoms with E-state index in [4.69, 9.17) is 5.73 Å². The number of hydrazine groups is 1. The summed E-state index contributed by atoms with van der Waals surface area (Å²) in [6.45, 7) is 3.99. The highest BCUT2D eigenvalue weighted by Gasteiger charge is 2.44. The Morgan fingerprint density at radius 3 is 2.53 bits per heavy atom. The highest BCUT2D eigenvalue weighted by Crippen LogP contribution is 2.35. The quantitative estimate of drug-likeness (QED) is 0.277. The van der Waals surface area contributed by atoms with Crippen LogP contribution in [-0.2, 0) is 27.2 Å². The van der Waals surface area contributed by atoms with E-state index in [1.165, 1.54) is 0 Å². The Balaban J connectivity index is 1.63. The number of aromatic nitrogens is 1. The molecular formula is C29H38N6O3. The first-order valence-electron chi connectivity index (χ1n) is 13.1. The molecule has 9 heteroatoms. The second-order valence-electron chi connectivity index (χ2n) is 10.8. The molecule has 1 aliphatic rings. The Hall–Kier alpha value is -3.69. The van der Waals surface area contributed by atoms with Gasteiger partial charge in [0.15, 0.2) is 0 Å². The third-order valence-corrected chi connectivity index (χ3v) is 7.28. The van der Waals surface area contributed by atoms with E-state index in [9.17, 15) is 14.4 Å². The van der Waals surface area contributed by atoms with E-state index < -0.39 is 22.9 Å². The first kappa shape index (κ1) is 27.3. The van der Waals surface area contributed by atoms with Gasteiger partial charge < -0.3 is 20.9 Å². The van der Waals surface area contributed by atoms with E-state index in [-0.39, 0.29) is 18.4 Å². The number of hydrogen-bond acceptors (Lipinski definition) is 5. The van der Waals surface area contributed by atoms with Crippen molar-refractivity contribution in [1.82, 2.24) is 26.1 Å². The maximum Gasteiger partial charge on any atom is 0.245 e. The van der Waals surface area contributed by atoms with E-state index in [2.05, 4.69) is 21.2 Å². The van der Waals surface area contributed by atoms with Crippen LogP contribution in [0.3, 0.4) is 0 Å². The molecule has 1 aliphatic heterocycles. The molecule has 4 rings (SSSR count). The van der Waals surface area contributed by atoms with Gasteiger partial charge in [-0.05, 0) is 50.3 Å². The highest BCUT2D eigenvalue weighted by molar-refractivity contribution is 5.93. The van der Waals surface area contributed by atoms with Crippen LogP contribution in [0.25, 0.3) is 10.9 Å². The van der Waals surface area contributed by atoms with Gasteiger partial charge in [-0.25, -0.2) is 5.43 Å². The van der Waals surface area contributed by atoms with E-state index >= 15 is 0 Å². The van der Waals surface area contributed by atoms with Crippen LogP contribution in [0, 0.1) is 5.41 Å². The van der Waals surface area contributed by atoms with Crippen LogP contribution in [-0.4, -0.2) is 59.3 Å². The molecule has 0 radical (unpaired) electrons. The van der Waals surface area contributed by atoms with Crippen molar-refractivity contribution in [1.29, 1.82) is 0 Å². The number of benzene rings is 2. The number of piperidine rings is 1. The summed E-state index contributed by atoms with van der Waals surface area (Å²) in [6, 6.07) is 16.9. The Morgan fingerprint density at radius 1 is 1.11 bits per heavy atom. The molecule has 0 saturated carbocycles. The van der Waals surface area contributed by atoms with Gasteiger partial charge in [0, 0.05) is 43.7 Å². The molecule has 6 N–H and O–H groups in total. The summed E-state index contributed by atoms with van der Waals surface area (Å²) >= 11 is 0. The molecule has 0 bridgehead atoms. The minimum absolute atomic E-state index is 0.151. The van der Waals surface area contributed by atoms with Crippen LogP contribution in [0.2, 0.25) is 0 Å². The number of carbonyl (C=O) groups excluding carboxylic acids is 3. The van der Waals surface area contributed by atoms with Crippen molar-refractivity contribution in [2.45, 2.75) is 51.1 Å². The van der Waals surface area contributed by atoms with Gasteiger partial charge in [-0.15, -0.1) is 0 Å². The fourth-order valence-corrected chi connectivity index (χ4v) is 5.25. The molecule has 3 aromatic rings. The molecule has 1 fully saturated rings. The molecule has 38 heavy (non-hydrogen) atoms. The molecule has 3 amide bonds. The fraction of sp³-hybridized carbons (Fsp3) is 0.414. The van der Waals surface area contributed by atoms with Crippen LogP contribution in [0.1, 0.15) is 37.8 Å². The number of hydrogen-bond donors (Lipinski definition) is 5. The molecule has 1 unspecified atom stereocenters. The topological polar surface area (TPSA) is 132 Å². The lowest BCUT2D eigenvalue weighted by atomic mass is 9.74. The van der Waals surface area contributed by atoms with Crippen molar-refractivity contribution in [3.8, 4) is 0 Å².